The molecule has 1 fully saturated rings. The molecule has 21 heavy (non-hydrogen) atoms. The summed E-state index contributed by atoms with van der Waals surface area (Å²) < 4.78 is 40.2. The number of nitrogens with two attached hydrogens (primary N) is 1. The van der Waals surface area contributed by atoms with E-state index in [2.05, 4.69) is 4.74 Å². The van der Waals surface area contributed by atoms with E-state index in [-0.39, 0.29) is 29.9 Å². The molecule has 0 unspecified atom stereocenters. The fraction of sp³-hybridized carbons (Fsp3) is 0.462. The Hall–Kier alpha value is -1.47. The number of nitrogens with zero attached hydrogens (tertiary/aromatic N) is 1. The van der Waals surface area contributed by atoms with Gasteiger partial charge in [-0.25, -0.2) is 0 Å². The van der Waals surface area contributed by atoms with Gasteiger partial charge in [-0.05, 0) is 31.0 Å². The first-order valence-electron chi connectivity index (χ1n) is 6.26. The van der Waals surface area contributed by atoms with E-state index in [0.29, 0.717) is 25.9 Å². The summed E-state index contributed by atoms with van der Waals surface area (Å²) in [5, 5.41) is 0. The average Bonchev–Trinajstić information content (AvgIpc) is 2.37. The molecule has 1 heterocycles. The molecule has 0 spiro atoms. The van der Waals surface area contributed by atoms with Crippen LogP contribution in [-0.4, -0.2) is 36.3 Å². The maximum absolute atomic E-state index is 12.2. The second-order valence-electron chi connectivity index (χ2n) is 4.71. The van der Waals surface area contributed by atoms with Gasteiger partial charge >= 0.3 is 6.36 Å². The Kier molecular flexibility index (Phi) is 5.86. The van der Waals surface area contributed by atoms with Crippen LogP contribution >= 0.6 is 12.4 Å². The average molecular weight is 325 g/mol. The minimum Gasteiger partial charge on any atom is -0.406 e. The summed E-state index contributed by atoms with van der Waals surface area (Å²) in [5.41, 5.74) is 5.93. The first-order valence-corrected chi connectivity index (χ1v) is 6.26. The standard InChI is InChI=1S/C13H15F3N2O2.ClH/c14-13(15,16)20-11-3-1-2-9(8-11)12(19)18-6-4-10(17)5-7-18;/h1-3,8,10H,4-7,17H2;1H. The molecule has 2 rings (SSSR count). The number of piperidine rings is 1. The highest BCUT2D eigenvalue weighted by atomic mass is 35.5. The van der Waals surface area contributed by atoms with Crippen molar-refractivity contribution in [3.8, 4) is 5.75 Å². The van der Waals surface area contributed by atoms with Crippen LogP contribution in [0.5, 0.6) is 5.75 Å². The van der Waals surface area contributed by atoms with Crippen molar-refractivity contribution >= 4 is 18.3 Å². The molecule has 4 nitrogen and oxygen atoms in total. The largest absolute Gasteiger partial charge is 0.573 e. The van der Waals surface area contributed by atoms with Crippen molar-refractivity contribution in [3.63, 3.8) is 0 Å². The fourth-order valence-corrected chi connectivity index (χ4v) is 2.11. The molecule has 0 aromatic heterocycles. The molecule has 0 atom stereocenters. The Bertz CT molecular complexity index is 489. The molecule has 1 amide bonds. The van der Waals surface area contributed by atoms with E-state index in [0.717, 1.165) is 12.1 Å². The smallest absolute Gasteiger partial charge is 0.406 e. The molecular weight excluding hydrogens is 309 g/mol. The number of hydrogen-bond acceptors (Lipinski definition) is 3. The summed E-state index contributed by atoms with van der Waals surface area (Å²) in [6.45, 7) is 1.04. The predicted molar refractivity (Wildman–Crippen MR) is 73.5 cm³/mol. The molecule has 1 aliphatic heterocycles. The summed E-state index contributed by atoms with van der Waals surface area (Å²) in [6, 6.07) is 5.18. The van der Waals surface area contributed by atoms with E-state index in [4.69, 9.17) is 5.73 Å². The fourth-order valence-electron chi connectivity index (χ4n) is 2.11. The van der Waals surface area contributed by atoms with Gasteiger partial charge in [-0.2, -0.15) is 0 Å². The van der Waals surface area contributed by atoms with Crippen LogP contribution in [0.2, 0.25) is 0 Å². The summed E-state index contributed by atoms with van der Waals surface area (Å²) in [5.74, 6) is -0.693. The van der Waals surface area contributed by atoms with Crippen LogP contribution < -0.4 is 10.5 Å². The molecule has 0 aliphatic carbocycles. The zero-order valence-electron chi connectivity index (χ0n) is 11.1. The number of amides is 1. The van der Waals surface area contributed by atoms with Gasteiger partial charge in [-0.15, -0.1) is 25.6 Å². The number of carbonyl (C=O) groups is 1. The molecule has 0 bridgehead atoms. The summed E-state index contributed by atoms with van der Waals surface area (Å²) in [7, 11) is 0. The van der Waals surface area contributed by atoms with Gasteiger partial charge in [-0.1, -0.05) is 6.07 Å². The maximum Gasteiger partial charge on any atom is 0.573 e. The Morgan fingerprint density at radius 1 is 1.29 bits per heavy atom. The first kappa shape index (κ1) is 17.6. The Labute approximate surface area is 126 Å². The van der Waals surface area contributed by atoms with E-state index in [1.54, 1.807) is 4.90 Å². The monoisotopic (exact) mass is 324 g/mol. The normalized spacial score (nSPS) is 16.3. The van der Waals surface area contributed by atoms with Crippen molar-refractivity contribution < 1.29 is 22.7 Å². The minimum atomic E-state index is -4.76. The number of rotatable bonds is 2. The van der Waals surface area contributed by atoms with Crippen molar-refractivity contribution in [2.45, 2.75) is 25.2 Å². The lowest BCUT2D eigenvalue weighted by Gasteiger charge is -2.30. The maximum atomic E-state index is 12.2. The molecule has 0 saturated carbocycles. The third-order valence-electron chi connectivity index (χ3n) is 3.14. The highest BCUT2D eigenvalue weighted by molar-refractivity contribution is 5.94. The number of alkyl halides is 3. The highest BCUT2D eigenvalue weighted by Gasteiger charge is 2.31. The van der Waals surface area contributed by atoms with Crippen molar-refractivity contribution in [2.75, 3.05) is 13.1 Å². The molecule has 2 N–H and O–H groups in total. The lowest BCUT2D eigenvalue weighted by molar-refractivity contribution is -0.274. The zero-order chi connectivity index (χ0) is 14.8. The van der Waals surface area contributed by atoms with Crippen molar-refractivity contribution in [2.24, 2.45) is 5.73 Å². The molecule has 1 aromatic carbocycles. The van der Waals surface area contributed by atoms with Crippen molar-refractivity contribution in [3.05, 3.63) is 29.8 Å². The Morgan fingerprint density at radius 3 is 2.48 bits per heavy atom. The summed E-state index contributed by atoms with van der Waals surface area (Å²) >= 11 is 0. The van der Waals surface area contributed by atoms with Gasteiger partial charge in [0.2, 0.25) is 0 Å². The van der Waals surface area contributed by atoms with Gasteiger partial charge in [0, 0.05) is 24.7 Å². The van der Waals surface area contributed by atoms with E-state index in [1.807, 2.05) is 0 Å². The predicted octanol–water partition coefficient (Wildman–Crippen LogP) is 2.57. The Morgan fingerprint density at radius 2 is 1.90 bits per heavy atom. The highest BCUT2D eigenvalue weighted by Crippen LogP contribution is 2.24. The quantitative estimate of drug-likeness (QED) is 0.909. The SMILES string of the molecule is Cl.NC1CCN(C(=O)c2cccc(OC(F)(F)F)c2)CC1. The van der Waals surface area contributed by atoms with Crippen molar-refractivity contribution in [1.29, 1.82) is 0 Å². The molecule has 118 valence electrons. The molecule has 0 radical (unpaired) electrons. The first-order chi connectivity index (χ1) is 9.35. The topological polar surface area (TPSA) is 55.6 Å². The summed E-state index contributed by atoms with van der Waals surface area (Å²) in [6.07, 6.45) is -3.37. The lowest BCUT2D eigenvalue weighted by Crippen LogP contribution is -2.42. The number of benzene rings is 1. The van der Waals surface area contributed by atoms with E-state index >= 15 is 0 Å². The van der Waals surface area contributed by atoms with Crippen LogP contribution in [0.25, 0.3) is 0 Å². The van der Waals surface area contributed by atoms with E-state index < -0.39 is 12.1 Å². The van der Waals surface area contributed by atoms with E-state index in [1.165, 1.54) is 12.1 Å². The third-order valence-corrected chi connectivity index (χ3v) is 3.14. The van der Waals surface area contributed by atoms with Crippen LogP contribution in [-0.2, 0) is 0 Å². The zero-order valence-corrected chi connectivity index (χ0v) is 11.9. The lowest BCUT2D eigenvalue weighted by atomic mass is 10.0. The van der Waals surface area contributed by atoms with Gasteiger partial charge in [0.15, 0.2) is 0 Å². The molecule has 8 heteroatoms. The van der Waals surface area contributed by atoms with Crippen LogP contribution in [0.15, 0.2) is 24.3 Å². The van der Waals surface area contributed by atoms with Crippen LogP contribution in [0.1, 0.15) is 23.2 Å². The van der Waals surface area contributed by atoms with Crippen LogP contribution in [0.3, 0.4) is 0 Å². The molecular formula is C13H16ClF3N2O2. The Balaban J connectivity index is 0.00000220. The van der Waals surface area contributed by atoms with Gasteiger partial charge in [0.1, 0.15) is 5.75 Å². The summed E-state index contributed by atoms with van der Waals surface area (Å²) in [4.78, 5) is 13.8. The number of halogens is 4. The van der Waals surface area contributed by atoms with E-state index in [9.17, 15) is 18.0 Å². The second kappa shape index (κ2) is 7.00. The van der Waals surface area contributed by atoms with Gasteiger partial charge in [0.25, 0.3) is 5.91 Å². The molecule has 1 aromatic rings. The molecule has 1 aliphatic rings. The van der Waals surface area contributed by atoms with Gasteiger partial charge in [0.05, 0.1) is 0 Å². The minimum absolute atomic E-state index is 0. The number of likely N-dealkylation sites (tertiary alicyclic amines) is 1. The van der Waals surface area contributed by atoms with Crippen molar-refractivity contribution in [1.82, 2.24) is 4.90 Å². The van der Waals surface area contributed by atoms with Crippen LogP contribution in [0, 0.1) is 0 Å². The van der Waals surface area contributed by atoms with Crippen LogP contribution in [0.4, 0.5) is 13.2 Å². The molecule has 1 saturated heterocycles. The van der Waals surface area contributed by atoms with Gasteiger partial charge < -0.3 is 15.4 Å². The van der Waals surface area contributed by atoms with Gasteiger partial charge in [-0.3, -0.25) is 4.79 Å². The third kappa shape index (κ3) is 5.09. The number of hydrogen-bond donors (Lipinski definition) is 1. The number of ether oxygens (including phenoxy) is 1. The number of carbonyl (C=O) groups excluding carboxylic acids is 1. The second-order valence-corrected chi connectivity index (χ2v) is 4.71.